The van der Waals surface area contributed by atoms with Gasteiger partial charge in [-0.25, -0.2) is 4.79 Å². The molecule has 1 rings (SSSR count). The number of aliphatic hydroxyl groups is 1. The number of hydrogen-bond donors (Lipinski definition) is 2. The van der Waals surface area contributed by atoms with E-state index in [2.05, 4.69) is 5.32 Å². The van der Waals surface area contributed by atoms with Crippen molar-refractivity contribution < 1.29 is 14.6 Å². The van der Waals surface area contributed by atoms with Crippen molar-refractivity contribution >= 4 is 17.7 Å². The fourth-order valence-corrected chi connectivity index (χ4v) is 2.88. The predicted octanol–water partition coefficient (Wildman–Crippen LogP) is 3.45. The van der Waals surface area contributed by atoms with Crippen LogP contribution in [-0.2, 0) is 4.74 Å². The standard InChI is InChI=1S/C15H28ClNO3/c1-15(2,3)20-14(19)17-12(13(18)10-16)9-11-7-5-4-6-8-11/h11-13,18H,4-10H2,1-3H3,(H,17,19)/t12-,13-/m0/s1. The van der Waals surface area contributed by atoms with Crippen molar-refractivity contribution in [2.75, 3.05) is 5.88 Å². The molecule has 0 aromatic carbocycles. The lowest BCUT2D eigenvalue weighted by Gasteiger charge is -2.30. The van der Waals surface area contributed by atoms with Crippen LogP contribution in [0.4, 0.5) is 4.79 Å². The number of hydrogen-bond acceptors (Lipinski definition) is 3. The SMILES string of the molecule is CC(C)(C)OC(=O)N[C@@H](CC1CCCCC1)[C@@H](O)CCl. The van der Waals surface area contributed by atoms with Crippen molar-refractivity contribution in [2.24, 2.45) is 5.92 Å². The molecule has 2 N–H and O–H groups in total. The molecule has 1 saturated carbocycles. The number of alkyl carbamates (subject to hydrolysis) is 1. The lowest BCUT2D eigenvalue weighted by Crippen LogP contribution is -2.47. The number of carbonyl (C=O) groups is 1. The van der Waals surface area contributed by atoms with Crippen LogP contribution in [0.3, 0.4) is 0 Å². The zero-order valence-corrected chi connectivity index (χ0v) is 13.6. The summed E-state index contributed by atoms with van der Waals surface area (Å²) in [7, 11) is 0. The van der Waals surface area contributed by atoms with E-state index in [0.717, 1.165) is 6.42 Å². The van der Waals surface area contributed by atoms with Crippen molar-refractivity contribution in [2.45, 2.75) is 77.0 Å². The number of rotatable bonds is 5. The molecule has 0 aromatic heterocycles. The van der Waals surface area contributed by atoms with Crippen LogP contribution in [0, 0.1) is 5.92 Å². The number of alkyl halides is 1. The number of carbonyl (C=O) groups excluding carboxylic acids is 1. The van der Waals surface area contributed by atoms with Gasteiger partial charge in [-0.15, -0.1) is 11.6 Å². The normalized spacial score (nSPS) is 20.2. The van der Waals surface area contributed by atoms with E-state index in [4.69, 9.17) is 16.3 Å². The van der Waals surface area contributed by atoms with Gasteiger partial charge in [-0.05, 0) is 33.1 Å². The second-order valence-corrected chi connectivity index (χ2v) is 7.02. The molecule has 0 aromatic rings. The Hall–Kier alpha value is -0.480. The Kier molecular flexibility index (Phi) is 7.10. The van der Waals surface area contributed by atoms with Crippen LogP contribution in [0.2, 0.25) is 0 Å². The Morgan fingerprint density at radius 2 is 1.95 bits per heavy atom. The molecule has 0 heterocycles. The third-order valence-electron chi connectivity index (χ3n) is 3.64. The summed E-state index contributed by atoms with van der Waals surface area (Å²) in [5.74, 6) is 0.675. The molecule has 2 atom stereocenters. The molecule has 0 saturated heterocycles. The van der Waals surface area contributed by atoms with Crippen LogP contribution in [0.1, 0.15) is 59.3 Å². The molecule has 0 unspecified atom stereocenters. The van der Waals surface area contributed by atoms with E-state index in [1.807, 2.05) is 20.8 Å². The minimum absolute atomic E-state index is 0.118. The van der Waals surface area contributed by atoms with Crippen LogP contribution in [0.25, 0.3) is 0 Å². The largest absolute Gasteiger partial charge is 0.444 e. The highest BCUT2D eigenvalue weighted by molar-refractivity contribution is 6.18. The predicted molar refractivity (Wildman–Crippen MR) is 81.1 cm³/mol. The highest BCUT2D eigenvalue weighted by atomic mass is 35.5. The molecule has 118 valence electrons. The number of nitrogens with one attached hydrogen (secondary N) is 1. The molecule has 5 heteroatoms. The van der Waals surface area contributed by atoms with E-state index >= 15 is 0 Å². The van der Waals surface area contributed by atoms with Gasteiger partial charge in [-0.2, -0.15) is 0 Å². The second-order valence-electron chi connectivity index (χ2n) is 6.71. The molecular weight excluding hydrogens is 278 g/mol. The summed E-state index contributed by atoms with van der Waals surface area (Å²) in [5, 5.41) is 12.8. The van der Waals surface area contributed by atoms with Gasteiger partial charge in [-0.3, -0.25) is 0 Å². The van der Waals surface area contributed by atoms with Crippen molar-refractivity contribution in [3.8, 4) is 0 Å². The zero-order valence-electron chi connectivity index (χ0n) is 12.8. The van der Waals surface area contributed by atoms with Gasteiger partial charge >= 0.3 is 6.09 Å². The Morgan fingerprint density at radius 3 is 2.45 bits per heavy atom. The third-order valence-corrected chi connectivity index (χ3v) is 3.95. The van der Waals surface area contributed by atoms with E-state index in [0.29, 0.717) is 5.92 Å². The number of aliphatic hydroxyl groups excluding tert-OH is 1. The van der Waals surface area contributed by atoms with Crippen LogP contribution in [0.15, 0.2) is 0 Å². The van der Waals surface area contributed by atoms with Crippen LogP contribution >= 0.6 is 11.6 Å². The number of ether oxygens (including phenoxy) is 1. The average Bonchev–Trinajstić information content (AvgIpc) is 2.36. The van der Waals surface area contributed by atoms with E-state index in [1.54, 1.807) is 0 Å². The topological polar surface area (TPSA) is 58.6 Å². The van der Waals surface area contributed by atoms with E-state index in [-0.39, 0.29) is 11.9 Å². The monoisotopic (exact) mass is 305 g/mol. The molecule has 1 amide bonds. The molecule has 4 nitrogen and oxygen atoms in total. The average molecular weight is 306 g/mol. The maximum atomic E-state index is 11.8. The quantitative estimate of drug-likeness (QED) is 0.765. The fraction of sp³-hybridized carbons (Fsp3) is 0.933. The van der Waals surface area contributed by atoms with Gasteiger partial charge in [0.1, 0.15) is 5.60 Å². The molecule has 1 aliphatic rings. The molecule has 0 radical (unpaired) electrons. The summed E-state index contributed by atoms with van der Waals surface area (Å²) < 4.78 is 5.25. The Labute approximate surface area is 127 Å². The molecule has 0 aliphatic heterocycles. The van der Waals surface area contributed by atoms with Gasteiger partial charge in [-0.1, -0.05) is 32.1 Å². The molecule has 1 fully saturated rings. The Bertz CT molecular complexity index is 298. The third kappa shape index (κ3) is 6.80. The van der Waals surface area contributed by atoms with Crippen molar-refractivity contribution in [1.29, 1.82) is 0 Å². The van der Waals surface area contributed by atoms with Gasteiger partial charge in [0.25, 0.3) is 0 Å². The Morgan fingerprint density at radius 1 is 1.35 bits per heavy atom. The molecule has 0 spiro atoms. The summed E-state index contributed by atoms with van der Waals surface area (Å²) in [5.41, 5.74) is -0.536. The summed E-state index contributed by atoms with van der Waals surface area (Å²) in [6.07, 6.45) is 5.66. The summed E-state index contributed by atoms with van der Waals surface area (Å²) in [6, 6.07) is -0.328. The van der Waals surface area contributed by atoms with Gasteiger partial charge in [0.15, 0.2) is 0 Å². The van der Waals surface area contributed by atoms with Gasteiger partial charge in [0, 0.05) is 0 Å². The highest BCUT2D eigenvalue weighted by Gasteiger charge is 2.27. The molecule has 1 aliphatic carbocycles. The smallest absolute Gasteiger partial charge is 0.407 e. The maximum absolute atomic E-state index is 11.8. The summed E-state index contributed by atoms with van der Waals surface area (Å²) in [4.78, 5) is 11.8. The van der Waals surface area contributed by atoms with Crippen molar-refractivity contribution in [3.63, 3.8) is 0 Å². The highest BCUT2D eigenvalue weighted by Crippen LogP contribution is 2.28. The Balaban J connectivity index is 2.52. The van der Waals surface area contributed by atoms with E-state index < -0.39 is 17.8 Å². The first-order valence-electron chi connectivity index (χ1n) is 7.55. The minimum Gasteiger partial charge on any atom is -0.444 e. The second kappa shape index (κ2) is 8.08. The van der Waals surface area contributed by atoms with Crippen LogP contribution < -0.4 is 5.32 Å². The summed E-state index contributed by atoms with van der Waals surface area (Å²) >= 11 is 5.74. The molecule has 0 bridgehead atoms. The summed E-state index contributed by atoms with van der Waals surface area (Å²) in [6.45, 7) is 5.46. The van der Waals surface area contributed by atoms with Crippen molar-refractivity contribution in [3.05, 3.63) is 0 Å². The van der Waals surface area contributed by atoms with Crippen LogP contribution in [0.5, 0.6) is 0 Å². The minimum atomic E-state index is -0.730. The van der Waals surface area contributed by atoms with Crippen LogP contribution in [-0.4, -0.2) is 34.8 Å². The number of amides is 1. The van der Waals surface area contributed by atoms with E-state index in [9.17, 15) is 9.90 Å². The molecule has 20 heavy (non-hydrogen) atoms. The van der Waals surface area contributed by atoms with E-state index in [1.165, 1.54) is 32.1 Å². The first kappa shape index (κ1) is 17.6. The first-order valence-corrected chi connectivity index (χ1v) is 8.09. The molecular formula is C15H28ClNO3. The first-order chi connectivity index (χ1) is 9.31. The van der Waals surface area contributed by atoms with Gasteiger partial charge in [0.2, 0.25) is 0 Å². The van der Waals surface area contributed by atoms with Gasteiger partial charge in [0.05, 0.1) is 18.0 Å². The number of halogens is 1. The fourth-order valence-electron chi connectivity index (χ4n) is 2.66. The zero-order chi connectivity index (χ0) is 15.2. The lowest BCUT2D eigenvalue weighted by molar-refractivity contribution is 0.0415. The lowest BCUT2D eigenvalue weighted by atomic mass is 9.84. The van der Waals surface area contributed by atoms with Crippen molar-refractivity contribution in [1.82, 2.24) is 5.32 Å². The maximum Gasteiger partial charge on any atom is 0.407 e. The van der Waals surface area contributed by atoms with Gasteiger partial charge < -0.3 is 15.2 Å².